The Bertz CT molecular complexity index is 888. The fraction of sp³-hybridized carbons (Fsp3) is 0.391. The molecule has 0 unspecified atom stereocenters. The first-order chi connectivity index (χ1) is 14.7. The van der Waals surface area contributed by atoms with Crippen LogP contribution in [0.25, 0.3) is 0 Å². The van der Waals surface area contributed by atoms with Crippen molar-refractivity contribution in [3.8, 4) is 0 Å². The number of hydrogen-bond acceptors (Lipinski definition) is 3. The van der Waals surface area contributed by atoms with E-state index in [1.54, 1.807) is 25.1 Å². The third-order valence-corrected chi connectivity index (χ3v) is 6.56. The van der Waals surface area contributed by atoms with E-state index >= 15 is 0 Å². The minimum Gasteiger partial charge on any atom is -0.354 e. The smallest absolute Gasteiger partial charge is 0.242 e. The molecule has 0 saturated carbocycles. The summed E-state index contributed by atoms with van der Waals surface area (Å²) in [4.78, 5) is 27.4. The lowest BCUT2D eigenvalue weighted by molar-refractivity contribution is -0.138. The molecule has 0 aromatic heterocycles. The molecule has 0 heterocycles. The van der Waals surface area contributed by atoms with Crippen molar-refractivity contribution in [2.45, 2.75) is 39.1 Å². The van der Waals surface area contributed by atoms with Crippen LogP contribution in [0.2, 0.25) is 15.1 Å². The number of benzene rings is 2. The van der Waals surface area contributed by atoms with E-state index in [1.165, 1.54) is 16.7 Å². The minimum atomic E-state index is -0.662. The SMILES string of the molecule is CC(C)CNC(=O)[C@H](C)N(Cc1c(Cl)cccc1Cl)C(=O)CSCc1cccc(Cl)c1. The summed E-state index contributed by atoms with van der Waals surface area (Å²) in [6, 6.07) is 12.1. The van der Waals surface area contributed by atoms with E-state index < -0.39 is 6.04 Å². The second-order valence-electron chi connectivity index (χ2n) is 7.66. The average molecular weight is 502 g/mol. The molecule has 0 aliphatic heterocycles. The molecule has 31 heavy (non-hydrogen) atoms. The van der Waals surface area contributed by atoms with Gasteiger partial charge in [-0.25, -0.2) is 0 Å². The van der Waals surface area contributed by atoms with Crippen molar-refractivity contribution < 1.29 is 9.59 Å². The van der Waals surface area contributed by atoms with Gasteiger partial charge in [0.25, 0.3) is 0 Å². The van der Waals surface area contributed by atoms with Gasteiger partial charge >= 0.3 is 0 Å². The van der Waals surface area contributed by atoms with Gasteiger partial charge in [-0.05, 0) is 42.7 Å². The highest BCUT2D eigenvalue weighted by molar-refractivity contribution is 7.99. The zero-order valence-electron chi connectivity index (χ0n) is 17.8. The summed E-state index contributed by atoms with van der Waals surface area (Å²) in [6.07, 6.45) is 0. The van der Waals surface area contributed by atoms with E-state index in [1.807, 2.05) is 38.1 Å². The van der Waals surface area contributed by atoms with Gasteiger partial charge in [0.05, 0.1) is 5.75 Å². The van der Waals surface area contributed by atoms with E-state index in [0.29, 0.717) is 38.8 Å². The first kappa shape index (κ1) is 25.9. The van der Waals surface area contributed by atoms with Crippen LogP contribution in [-0.4, -0.2) is 35.1 Å². The second-order valence-corrected chi connectivity index (χ2v) is 9.90. The maximum absolute atomic E-state index is 13.1. The largest absolute Gasteiger partial charge is 0.354 e. The lowest BCUT2D eigenvalue weighted by Crippen LogP contribution is -2.48. The molecule has 0 fully saturated rings. The molecule has 2 aromatic rings. The molecule has 1 N–H and O–H groups in total. The monoisotopic (exact) mass is 500 g/mol. The molecule has 0 aliphatic carbocycles. The van der Waals surface area contributed by atoms with Crippen molar-refractivity contribution in [1.82, 2.24) is 10.2 Å². The van der Waals surface area contributed by atoms with Crippen molar-refractivity contribution >= 4 is 58.4 Å². The fourth-order valence-corrected chi connectivity index (χ4v) is 4.44. The number of halogens is 3. The Morgan fingerprint density at radius 3 is 2.29 bits per heavy atom. The van der Waals surface area contributed by atoms with Crippen LogP contribution in [0.4, 0.5) is 0 Å². The normalized spacial score (nSPS) is 12.0. The van der Waals surface area contributed by atoms with Crippen molar-refractivity contribution in [3.05, 3.63) is 68.7 Å². The van der Waals surface area contributed by atoms with Gasteiger partial charge in [0.2, 0.25) is 11.8 Å². The van der Waals surface area contributed by atoms with Gasteiger partial charge in [-0.2, -0.15) is 0 Å². The quantitative estimate of drug-likeness (QED) is 0.430. The minimum absolute atomic E-state index is 0.157. The number of carbonyl (C=O) groups is 2. The molecule has 0 radical (unpaired) electrons. The van der Waals surface area contributed by atoms with Crippen molar-refractivity contribution in [3.63, 3.8) is 0 Å². The van der Waals surface area contributed by atoms with Gasteiger partial charge in [-0.3, -0.25) is 9.59 Å². The number of thioether (sulfide) groups is 1. The number of carbonyl (C=O) groups excluding carboxylic acids is 2. The highest BCUT2D eigenvalue weighted by Gasteiger charge is 2.27. The Hall–Kier alpha value is -1.40. The van der Waals surface area contributed by atoms with Crippen LogP contribution in [0.5, 0.6) is 0 Å². The van der Waals surface area contributed by atoms with Crippen LogP contribution in [0.1, 0.15) is 31.9 Å². The number of nitrogens with one attached hydrogen (secondary N) is 1. The lowest BCUT2D eigenvalue weighted by atomic mass is 10.1. The summed E-state index contributed by atoms with van der Waals surface area (Å²) in [7, 11) is 0. The van der Waals surface area contributed by atoms with E-state index in [2.05, 4.69) is 5.32 Å². The van der Waals surface area contributed by atoms with Crippen LogP contribution in [0.15, 0.2) is 42.5 Å². The molecular weight excluding hydrogens is 475 g/mol. The third kappa shape index (κ3) is 8.23. The molecule has 4 nitrogen and oxygen atoms in total. The standard InChI is InChI=1S/C23H27Cl3N2O2S/c1-15(2)11-27-23(30)16(3)28(12-19-20(25)8-5-9-21(19)26)22(29)14-31-13-17-6-4-7-18(24)10-17/h4-10,15-16H,11-14H2,1-3H3,(H,27,30)/t16-/m0/s1. The van der Waals surface area contributed by atoms with Crippen LogP contribution >= 0.6 is 46.6 Å². The predicted octanol–water partition coefficient (Wildman–Crippen LogP) is 6.07. The maximum Gasteiger partial charge on any atom is 0.242 e. The molecule has 0 saturated heterocycles. The second kappa shape index (κ2) is 12.6. The zero-order chi connectivity index (χ0) is 23.0. The summed E-state index contributed by atoms with van der Waals surface area (Å²) in [5, 5.41) is 4.49. The fourth-order valence-electron chi connectivity index (χ4n) is 2.85. The summed E-state index contributed by atoms with van der Waals surface area (Å²) < 4.78 is 0. The molecule has 2 rings (SSSR count). The Morgan fingerprint density at radius 2 is 1.68 bits per heavy atom. The molecule has 0 aliphatic rings. The molecule has 2 aromatic carbocycles. The van der Waals surface area contributed by atoms with Crippen molar-refractivity contribution in [2.75, 3.05) is 12.3 Å². The Balaban J connectivity index is 2.13. The molecule has 8 heteroatoms. The van der Waals surface area contributed by atoms with Crippen LogP contribution in [-0.2, 0) is 21.9 Å². The van der Waals surface area contributed by atoms with Gasteiger partial charge in [0, 0.05) is 39.5 Å². The summed E-state index contributed by atoms with van der Waals surface area (Å²) >= 11 is 20.1. The van der Waals surface area contributed by atoms with Gasteiger partial charge in [-0.1, -0.05) is 66.8 Å². The molecular formula is C23H27Cl3N2O2S. The first-order valence-electron chi connectivity index (χ1n) is 10.0. The van der Waals surface area contributed by atoms with Gasteiger partial charge in [0.15, 0.2) is 0 Å². The van der Waals surface area contributed by atoms with Crippen LogP contribution in [0, 0.1) is 5.92 Å². The van der Waals surface area contributed by atoms with E-state index in [9.17, 15) is 9.59 Å². The van der Waals surface area contributed by atoms with E-state index in [-0.39, 0.29) is 24.1 Å². The number of rotatable bonds is 10. The van der Waals surface area contributed by atoms with Gasteiger partial charge < -0.3 is 10.2 Å². The first-order valence-corrected chi connectivity index (χ1v) is 12.3. The van der Waals surface area contributed by atoms with Gasteiger partial charge in [0.1, 0.15) is 6.04 Å². The Kier molecular flexibility index (Phi) is 10.5. The Morgan fingerprint density at radius 1 is 1.03 bits per heavy atom. The summed E-state index contributed by atoms with van der Waals surface area (Å²) in [5.41, 5.74) is 1.66. The maximum atomic E-state index is 13.1. The van der Waals surface area contributed by atoms with Crippen molar-refractivity contribution in [2.24, 2.45) is 5.92 Å². The highest BCUT2D eigenvalue weighted by Crippen LogP contribution is 2.27. The molecule has 0 bridgehead atoms. The lowest BCUT2D eigenvalue weighted by Gasteiger charge is -2.29. The van der Waals surface area contributed by atoms with Gasteiger partial charge in [-0.15, -0.1) is 11.8 Å². The zero-order valence-corrected chi connectivity index (χ0v) is 20.9. The molecule has 1 atom stereocenters. The van der Waals surface area contributed by atoms with Crippen molar-refractivity contribution in [1.29, 1.82) is 0 Å². The van der Waals surface area contributed by atoms with E-state index in [4.69, 9.17) is 34.8 Å². The van der Waals surface area contributed by atoms with Crippen LogP contribution < -0.4 is 5.32 Å². The highest BCUT2D eigenvalue weighted by atomic mass is 35.5. The van der Waals surface area contributed by atoms with E-state index in [0.717, 1.165) is 5.56 Å². The number of nitrogens with zero attached hydrogens (tertiary/aromatic N) is 1. The molecule has 168 valence electrons. The Labute approximate surface area is 203 Å². The topological polar surface area (TPSA) is 49.4 Å². The molecule has 0 spiro atoms. The van der Waals surface area contributed by atoms with Crippen LogP contribution in [0.3, 0.4) is 0 Å². The number of hydrogen-bond donors (Lipinski definition) is 1. The summed E-state index contributed by atoms with van der Waals surface area (Å²) in [6.45, 7) is 6.46. The summed E-state index contributed by atoms with van der Waals surface area (Å²) in [5.74, 6) is 0.809. The third-order valence-electron chi connectivity index (χ3n) is 4.63. The predicted molar refractivity (Wildman–Crippen MR) is 132 cm³/mol. The molecule has 2 amide bonds. The number of amides is 2. The average Bonchev–Trinajstić information content (AvgIpc) is 2.71.